The standard InChI is InChI=1S/C36H64O2/c1-3-5-7-9-11-13-15-17-19-21-23-25-27-29-31-33-35-34(36(37)38-35)32-30-28-26-24-22-20-18-16-14-12-10-8-6-4-2/h17-20,33-34H,3-16,21-32H2,1-2H3/b19-17-,20-18-,35-33?. The lowest BCUT2D eigenvalue weighted by atomic mass is 9.93. The molecular weight excluding hydrogens is 464 g/mol. The van der Waals surface area contributed by atoms with E-state index in [1.54, 1.807) is 0 Å². The lowest BCUT2D eigenvalue weighted by molar-refractivity contribution is -0.157. The highest BCUT2D eigenvalue weighted by Gasteiger charge is 2.36. The van der Waals surface area contributed by atoms with Crippen molar-refractivity contribution in [3.63, 3.8) is 0 Å². The van der Waals surface area contributed by atoms with E-state index in [1.165, 1.54) is 148 Å². The second-order valence-electron chi connectivity index (χ2n) is 11.6. The normalized spacial score (nSPS) is 16.6. The number of cyclic esters (lactones) is 1. The molecule has 0 aromatic rings. The van der Waals surface area contributed by atoms with Gasteiger partial charge in [0, 0.05) is 0 Å². The molecule has 0 aromatic carbocycles. The van der Waals surface area contributed by atoms with E-state index in [4.69, 9.17) is 4.74 Å². The first-order valence-corrected chi connectivity index (χ1v) is 17.0. The molecule has 2 nitrogen and oxygen atoms in total. The van der Waals surface area contributed by atoms with Crippen LogP contribution in [-0.2, 0) is 9.53 Å². The summed E-state index contributed by atoms with van der Waals surface area (Å²) in [5, 5.41) is 0. The number of ether oxygens (including phenoxy) is 1. The number of hydrogen-bond acceptors (Lipinski definition) is 2. The number of hydrogen-bond donors (Lipinski definition) is 0. The van der Waals surface area contributed by atoms with E-state index in [9.17, 15) is 4.79 Å². The number of rotatable bonds is 28. The molecule has 0 N–H and O–H groups in total. The molecule has 1 atom stereocenters. The quantitative estimate of drug-likeness (QED) is 0.0573. The van der Waals surface area contributed by atoms with Gasteiger partial charge in [0.05, 0.1) is 0 Å². The number of allylic oxidation sites excluding steroid dienone is 5. The Balaban J connectivity index is 1.91. The third-order valence-electron chi connectivity index (χ3n) is 7.91. The first-order valence-electron chi connectivity index (χ1n) is 17.0. The van der Waals surface area contributed by atoms with Crippen molar-refractivity contribution in [1.29, 1.82) is 0 Å². The Morgan fingerprint density at radius 2 is 0.868 bits per heavy atom. The van der Waals surface area contributed by atoms with Gasteiger partial charge in [0.25, 0.3) is 0 Å². The van der Waals surface area contributed by atoms with Crippen LogP contribution >= 0.6 is 0 Å². The Bertz CT molecular complexity index is 615. The van der Waals surface area contributed by atoms with Gasteiger partial charge >= 0.3 is 5.97 Å². The van der Waals surface area contributed by atoms with Crippen LogP contribution < -0.4 is 0 Å². The lowest BCUT2D eigenvalue weighted by Crippen LogP contribution is -2.32. The van der Waals surface area contributed by atoms with Crippen LogP contribution in [0.1, 0.15) is 181 Å². The number of esters is 1. The van der Waals surface area contributed by atoms with Gasteiger partial charge in [0.1, 0.15) is 11.7 Å². The Labute approximate surface area is 238 Å². The molecule has 0 aromatic heterocycles. The van der Waals surface area contributed by atoms with Gasteiger partial charge in [0.15, 0.2) is 0 Å². The third-order valence-corrected chi connectivity index (χ3v) is 7.91. The molecule has 1 aliphatic heterocycles. The molecule has 0 bridgehead atoms. The van der Waals surface area contributed by atoms with E-state index in [-0.39, 0.29) is 11.9 Å². The van der Waals surface area contributed by atoms with Gasteiger partial charge in [0.2, 0.25) is 0 Å². The van der Waals surface area contributed by atoms with Crippen molar-refractivity contribution >= 4 is 5.97 Å². The monoisotopic (exact) mass is 528 g/mol. The van der Waals surface area contributed by atoms with Crippen molar-refractivity contribution in [3.8, 4) is 0 Å². The van der Waals surface area contributed by atoms with Crippen LogP contribution in [0.5, 0.6) is 0 Å². The smallest absolute Gasteiger partial charge is 0.321 e. The number of unbranched alkanes of at least 4 members (excludes halogenated alkanes) is 21. The Kier molecular flexibility index (Phi) is 24.9. The third kappa shape index (κ3) is 20.6. The molecule has 2 heteroatoms. The highest BCUT2D eigenvalue weighted by atomic mass is 16.6. The van der Waals surface area contributed by atoms with Crippen molar-refractivity contribution in [2.75, 3.05) is 0 Å². The maximum absolute atomic E-state index is 11.9. The first kappa shape index (κ1) is 34.7. The Morgan fingerprint density at radius 1 is 0.500 bits per heavy atom. The zero-order chi connectivity index (χ0) is 27.4. The highest BCUT2D eigenvalue weighted by Crippen LogP contribution is 2.32. The molecule has 1 aliphatic rings. The van der Waals surface area contributed by atoms with Crippen molar-refractivity contribution in [3.05, 3.63) is 36.1 Å². The first-order chi connectivity index (χ1) is 18.8. The second-order valence-corrected chi connectivity index (χ2v) is 11.6. The molecule has 0 saturated carbocycles. The molecule has 1 saturated heterocycles. The van der Waals surface area contributed by atoms with Crippen LogP contribution in [0.4, 0.5) is 0 Å². The minimum Gasteiger partial charge on any atom is -0.430 e. The van der Waals surface area contributed by atoms with Crippen LogP contribution in [0, 0.1) is 5.92 Å². The van der Waals surface area contributed by atoms with E-state index < -0.39 is 0 Å². The predicted octanol–water partition coefficient (Wildman–Crippen LogP) is 12.3. The van der Waals surface area contributed by atoms with Crippen LogP contribution in [-0.4, -0.2) is 5.97 Å². The summed E-state index contributed by atoms with van der Waals surface area (Å²) < 4.78 is 5.34. The second kappa shape index (κ2) is 27.3. The van der Waals surface area contributed by atoms with Crippen molar-refractivity contribution in [2.24, 2.45) is 5.92 Å². The van der Waals surface area contributed by atoms with Crippen molar-refractivity contribution in [2.45, 2.75) is 181 Å². The number of carbonyl (C=O) groups excluding carboxylic acids is 1. The topological polar surface area (TPSA) is 26.3 Å². The molecule has 1 unspecified atom stereocenters. The highest BCUT2D eigenvalue weighted by molar-refractivity contribution is 5.82. The summed E-state index contributed by atoms with van der Waals surface area (Å²) in [6.45, 7) is 4.56. The summed E-state index contributed by atoms with van der Waals surface area (Å²) in [4.78, 5) is 11.9. The Morgan fingerprint density at radius 3 is 1.29 bits per heavy atom. The molecule has 1 heterocycles. The summed E-state index contributed by atoms with van der Waals surface area (Å²) in [5.74, 6) is 1.02. The molecule has 0 spiro atoms. The summed E-state index contributed by atoms with van der Waals surface area (Å²) in [6, 6.07) is 0. The average molecular weight is 529 g/mol. The van der Waals surface area contributed by atoms with E-state index in [0.29, 0.717) is 0 Å². The van der Waals surface area contributed by atoms with Gasteiger partial charge < -0.3 is 4.74 Å². The molecule has 38 heavy (non-hydrogen) atoms. The summed E-state index contributed by atoms with van der Waals surface area (Å²) in [6.07, 6.45) is 45.4. The zero-order valence-corrected chi connectivity index (χ0v) is 25.7. The van der Waals surface area contributed by atoms with Gasteiger partial charge in [-0.05, 0) is 76.7 Å². The molecular formula is C36H64O2. The van der Waals surface area contributed by atoms with Crippen LogP contribution in [0.3, 0.4) is 0 Å². The minimum atomic E-state index is 0.00150. The maximum atomic E-state index is 11.9. The van der Waals surface area contributed by atoms with E-state index in [2.05, 4.69) is 44.2 Å². The molecule has 0 amide bonds. The summed E-state index contributed by atoms with van der Waals surface area (Å²) in [5.41, 5.74) is 0. The predicted molar refractivity (Wildman–Crippen MR) is 167 cm³/mol. The fourth-order valence-electron chi connectivity index (χ4n) is 5.29. The van der Waals surface area contributed by atoms with Gasteiger partial charge in [-0.25, -0.2) is 0 Å². The van der Waals surface area contributed by atoms with Gasteiger partial charge in [-0.3, -0.25) is 4.79 Å². The van der Waals surface area contributed by atoms with E-state index >= 15 is 0 Å². The minimum absolute atomic E-state index is 0.00150. The van der Waals surface area contributed by atoms with Crippen molar-refractivity contribution < 1.29 is 9.53 Å². The largest absolute Gasteiger partial charge is 0.430 e. The number of carbonyl (C=O) groups is 1. The Hall–Kier alpha value is -1.31. The lowest BCUT2D eigenvalue weighted by Gasteiger charge is -2.28. The molecule has 220 valence electrons. The average Bonchev–Trinajstić information content (AvgIpc) is 2.92. The summed E-state index contributed by atoms with van der Waals surface area (Å²) in [7, 11) is 0. The van der Waals surface area contributed by atoms with Gasteiger partial charge in [-0.1, -0.05) is 134 Å². The SMILES string of the molecule is CCCCCCCC/C=C\CCCCCCC=C1OC(=O)C1CCCCCC/C=C\CCCCCCCC. The fraction of sp³-hybridized carbons (Fsp3) is 0.806. The van der Waals surface area contributed by atoms with Crippen molar-refractivity contribution in [1.82, 2.24) is 0 Å². The maximum Gasteiger partial charge on any atom is 0.321 e. The van der Waals surface area contributed by atoms with E-state index in [1.807, 2.05) is 0 Å². The molecule has 0 radical (unpaired) electrons. The summed E-state index contributed by atoms with van der Waals surface area (Å²) >= 11 is 0. The molecule has 1 rings (SSSR count). The molecule has 0 aliphatic carbocycles. The fourth-order valence-corrected chi connectivity index (χ4v) is 5.29. The molecule has 1 fully saturated rings. The van der Waals surface area contributed by atoms with Gasteiger partial charge in [-0.15, -0.1) is 0 Å². The zero-order valence-electron chi connectivity index (χ0n) is 25.7. The van der Waals surface area contributed by atoms with Gasteiger partial charge in [-0.2, -0.15) is 0 Å². The van der Waals surface area contributed by atoms with Crippen LogP contribution in [0.25, 0.3) is 0 Å². The van der Waals surface area contributed by atoms with Crippen LogP contribution in [0.15, 0.2) is 36.1 Å². The van der Waals surface area contributed by atoms with Crippen LogP contribution in [0.2, 0.25) is 0 Å². The van der Waals surface area contributed by atoms with E-state index in [0.717, 1.165) is 25.0 Å².